The molecule has 0 saturated carbocycles. The Morgan fingerprint density at radius 1 is 1.31 bits per heavy atom. The number of fused-ring (bicyclic) bond motifs is 1. The van der Waals surface area contributed by atoms with Crippen molar-refractivity contribution in [2.45, 2.75) is 32.9 Å². The number of nitrogens with zero attached hydrogens (tertiary/aromatic N) is 3. The van der Waals surface area contributed by atoms with Crippen LogP contribution >= 0.6 is 0 Å². The number of urea groups is 1. The average molecular weight is 396 g/mol. The molecule has 2 aliphatic rings. The fraction of sp³-hybridized carbons (Fsp3) is 0.476. The number of carbonyl (C=O) groups excluding carboxylic acids is 1. The number of aromatic nitrogens is 2. The molecule has 29 heavy (non-hydrogen) atoms. The molecule has 0 unspecified atom stereocenters. The molecule has 0 spiro atoms. The summed E-state index contributed by atoms with van der Waals surface area (Å²) >= 11 is 0. The molecule has 0 radical (unpaired) electrons. The molecule has 2 aromatic rings. The van der Waals surface area contributed by atoms with Gasteiger partial charge in [-0.2, -0.15) is 0 Å². The Morgan fingerprint density at radius 3 is 2.90 bits per heavy atom. The molecular weight excluding hydrogens is 368 g/mol. The van der Waals surface area contributed by atoms with Crippen molar-refractivity contribution in [3.8, 4) is 11.4 Å². The Kier molecular flexibility index (Phi) is 5.92. The third-order valence-electron chi connectivity index (χ3n) is 5.29. The minimum Gasteiger partial charge on any atom is -0.377 e. The van der Waals surface area contributed by atoms with E-state index in [-0.39, 0.29) is 12.1 Å². The monoisotopic (exact) mass is 396 g/mol. The van der Waals surface area contributed by atoms with E-state index in [4.69, 9.17) is 14.7 Å². The fourth-order valence-electron chi connectivity index (χ4n) is 3.77. The number of hydrogen-bond donors (Lipinski definition) is 3. The van der Waals surface area contributed by atoms with Gasteiger partial charge in [-0.15, -0.1) is 0 Å². The lowest BCUT2D eigenvalue weighted by molar-refractivity contribution is 0.0984. The van der Waals surface area contributed by atoms with Crippen LogP contribution in [0.3, 0.4) is 0 Å². The number of rotatable bonds is 4. The van der Waals surface area contributed by atoms with E-state index in [1.54, 1.807) is 0 Å². The summed E-state index contributed by atoms with van der Waals surface area (Å²) in [5.41, 5.74) is 3.99. The lowest BCUT2D eigenvalue weighted by Gasteiger charge is -2.36. The minimum atomic E-state index is -0.207. The van der Waals surface area contributed by atoms with Crippen molar-refractivity contribution >= 4 is 17.5 Å². The molecule has 3 N–H and O–H groups in total. The highest BCUT2D eigenvalue weighted by Crippen LogP contribution is 2.29. The highest BCUT2D eigenvalue weighted by molar-refractivity contribution is 5.89. The van der Waals surface area contributed by atoms with Gasteiger partial charge in [-0.3, -0.25) is 0 Å². The molecule has 154 valence electrons. The van der Waals surface area contributed by atoms with Crippen LogP contribution in [-0.4, -0.2) is 54.9 Å². The van der Waals surface area contributed by atoms with E-state index in [9.17, 15) is 4.79 Å². The molecule has 4 rings (SSSR count). The molecule has 1 aromatic heterocycles. The topological polar surface area (TPSA) is 91.4 Å². The van der Waals surface area contributed by atoms with Crippen molar-refractivity contribution in [2.24, 2.45) is 0 Å². The molecule has 1 aromatic carbocycles. The van der Waals surface area contributed by atoms with Gasteiger partial charge in [0.1, 0.15) is 5.82 Å². The van der Waals surface area contributed by atoms with Gasteiger partial charge < -0.3 is 25.6 Å². The predicted molar refractivity (Wildman–Crippen MR) is 113 cm³/mol. The molecule has 1 fully saturated rings. The van der Waals surface area contributed by atoms with E-state index in [0.717, 1.165) is 54.6 Å². The maximum absolute atomic E-state index is 11.7. The number of anilines is 2. The van der Waals surface area contributed by atoms with Crippen LogP contribution in [0.2, 0.25) is 0 Å². The quantitative estimate of drug-likeness (QED) is 0.734. The van der Waals surface area contributed by atoms with E-state index in [1.165, 1.54) is 5.56 Å². The Morgan fingerprint density at radius 2 is 2.14 bits per heavy atom. The molecule has 1 saturated heterocycles. The number of benzene rings is 1. The van der Waals surface area contributed by atoms with Gasteiger partial charge in [-0.05, 0) is 38.1 Å². The molecule has 0 aliphatic carbocycles. The van der Waals surface area contributed by atoms with Crippen LogP contribution in [0.25, 0.3) is 11.4 Å². The van der Waals surface area contributed by atoms with Gasteiger partial charge in [0.25, 0.3) is 0 Å². The van der Waals surface area contributed by atoms with E-state index >= 15 is 0 Å². The van der Waals surface area contributed by atoms with Gasteiger partial charge in [0.15, 0.2) is 5.82 Å². The van der Waals surface area contributed by atoms with Crippen LogP contribution in [0.1, 0.15) is 25.1 Å². The zero-order chi connectivity index (χ0) is 20.2. The standard InChI is InChI=1S/C21H28N6O2/c1-3-23-21(28)24-16-6-4-15(5-7-16)19-25-18-8-9-22-12-17(18)20(26-19)27-10-11-29-13-14(27)2/h4-7,14,22H,3,8-13H2,1-2H3,(H2,23,24,28)/t14-/m0/s1. The van der Waals surface area contributed by atoms with Crippen molar-refractivity contribution in [1.82, 2.24) is 20.6 Å². The average Bonchev–Trinajstić information content (AvgIpc) is 2.74. The molecule has 1 atom stereocenters. The summed E-state index contributed by atoms with van der Waals surface area (Å²) in [6.07, 6.45) is 0.896. The van der Waals surface area contributed by atoms with E-state index in [2.05, 4.69) is 27.8 Å². The zero-order valence-electron chi connectivity index (χ0n) is 17.0. The van der Waals surface area contributed by atoms with Gasteiger partial charge in [-0.25, -0.2) is 14.8 Å². The number of nitrogens with one attached hydrogen (secondary N) is 3. The highest BCUT2D eigenvalue weighted by Gasteiger charge is 2.27. The Bertz CT molecular complexity index is 870. The van der Waals surface area contributed by atoms with Crippen molar-refractivity contribution in [3.05, 3.63) is 35.5 Å². The predicted octanol–water partition coefficient (Wildman–Crippen LogP) is 2.16. The number of morpholine rings is 1. The maximum Gasteiger partial charge on any atom is 0.319 e. The van der Waals surface area contributed by atoms with Crippen molar-refractivity contribution in [1.29, 1.82) is 0 Å². The largest absolute Gasteiger partial charge is 0.377 e. The van der Waals surface area contributed by atoms with Gasteiger partial charge in [0.2, 0.25) is 0 Å². The summed E-state index contributed by atoms with van der Waals surface area (Å²) in [6, 6.07) is 7.74. The van der Waals surface area contributed by atoms with E-state index < -0.39 is 0 Å². The van der Waals surface area contributed by atoms with Crippen LogP contribution in [0.5, 0.6) is 0 Å². The van der Waals surface area contributed by atoms with E-state index in [1.807, 2.05) is 31.2 Å². The summed E-state index contributed by atoms with van der Waals surface area (Å²) < 4.78 is 5.61. The highest BCUT2D eigenvalue weighted by atomic mass is 16.5. The zero-order valence-corrected chi connectivity index (χ0v) is 17.0. The number of ether oxygens (including phenoxy) is 1. The molecule has 0 bridgehead atoms. The number of carbonyl (C=O) groups is 1. The van der Waals surface area contributed by atoms with Gasteiger partial charge in [0.05, 0.1) is 24.9 Å². The summed E-state index contributed by atoms with van der Waals surface area (Å²) in [5, 5.41) is 8.99. The molecule has 3 heterocycles. The van der Waals surface area contributed by atoms with Crippen LogP contribution in [0.4, 0.5) is 16.3 Å². The summed E-state index contributed by atoms with van der Waals surface area (Å²) in [5.74, 6) is 1.74. The molecule has 2 amide bonds. The van der Waals surface area contributed by atoms with Crippen LogP contribution < -0.4 is 20.9 Å². The summed E-state index contributed by atoms with van der Waals surface area (Å²) in [7, 11) is 0. The van der Waals surface area contributed by atoms with E-state index in [0.29, 0.717) is 19.8 Å². The normalized spacial score (nSPS) is 18.8. The first-order valence-corrected chi connectivity index (χ1v) is 10.3. The van der Waals surface area contributed by atoms with Crippen molar-refractivity contribution < 1.29 is 9.53 Å². The molecule has 2 aliphatic heterocycles. The van der Waals surface area contributed by atoms with Gasteiger partial charge in [-0.1, -0.05) is 0 Å². The molecule has 8 heteroatoms. The minimum absolute atomic E-state index is 0.207. The second kappa shape index (κ2) is 8.75. The first-order chi connectivity index (χ1) is 14.2. The number of hydrogen-bond acceptors (Lipinski definition) is 6. The maximum atomic E-state index is 11.7. The van der Waals surface area contributed by atoms with Crippen LogP contribution in [0.15, 0.2) is 24.3 Å². The van der Waals surface area contributed by atoms with Crippen LogP contribution in [0, 0.1) is 0 Å². The summed E-state index contributed by atoms with van der Waals surface area (Å²) in [4.78, 5) is 23.9. The second-order valence-electron chi connectivity index (χ2n) is 7.40. The van der Waals surface area contributed by atoms with Crippen molar-refractivity contribution in [2.75, 3.05) is 43.1 Å². The lowest BCUT2D eigenvalue weighted by atomic mass is 10.1. The third kappa shape index (κ3) is 4.33. The lowest BCUT2D eigenvalue weighted by Crippen LogP contribution is -2.45. The smallest absolute Gasteiger partial charge is 0.319 e. The fourth-order valence-corrected chi connectivity index (χ4v) is 3.77. The third-order valence-corrected chi connectivity index (χ3v) is 5.29. The second-order valence-corrected chi connectivity index (χ2v) is 7.40. The van der Waals surface area contributed by atoms with Gasteiger partial charge >= 0.3 is 6.03 Å². The van der Waals surface area contributed by atoms with Crippen molar-refractivity contribution in [3.63, 3.8) is 0 Å². The summed E-state index contributed by atoms with van der Waals surface area (Å²) in [6.45, 7) is 8.63. The number of amides is 2. The Labute approximate surface area is 171 Å². The Balaban J connectivity index is 1.65. The van der Waals surface area contributed by atoms with Gasteiger partial charge in [0, 0.05) is 49.4 Å². The molecule has 8 nitrogen and oxygen atoms in total. The SMILES string of the molecule is CCNC(=O)Nc1ccc(-c2nc3c(c(N4CCOC[C@@H]4C)n2)CNCC3)cc1. The first-order valence-electron chi connectivity index (χ1n) is 10.3. The molecular formula is C21H28N6O2. The Hall–Kier alpha value is -2.71. The first kappa shape index (κ1) is 19.6. The van der Waals surface area contributed by atoms with Crippen LogP contribution in [-0.2, 0) is 17.7 Å².